The van der Waals surface area contributed by atoms with Crippen molar-refractivity contribution < 1.29 is 0 Å². The number of aromatic nitrogens is 2. The lowest BCUT2D eigenvalue weighted by Crippen LogP contribution is -1.93. The summed E-state index contributed by atoms with van der Waals surface area (Å²) >= 11 is 0. The Kier molecular flexibility index (Phi) is 7.21. The molecular weight excluding hydrogens is 665 g/mol. The Bertz CT molecular complexity index is 3180. The number of hydrogen-bond donors (Lipinski definition) is 0. The van der Waals surface area contributed by atoms with Gasteiger partial charge in [-0.1, -0.05) is 152 Å². The van der Waals surface area contributed by atoms with Crippen LogP contribution in [0.1, 0.15) is 0 Å². The summed E-state index contributed by atoms with van der Waals surface area (Å²) in [6.07, 6.45) is 0. The lowest BCUT2D eigenvalue weighted by Gasteiger charge is -2.14. The number of para-hydroxylation sites is 2. The van der Waals surface area contributed by atoms with Crippen molar-refractivity contribution in [3.05, 3.63) is 206 Å². The number of fused-ring (bicyclic) bond motifs is 9. The molecule has 0 unspecified atom stereocenters. The molecule has 0 radical (unpaired) electrons. The third kappa shape index (κ3) is 5.22. The van der Waals surface area contributed by atoms with E-state index in [0.29, 0.717) is 0 Å². The lowest BCUT2D eigenvalue weighted by molar-refractivity contribution is 1.18. The van der Waals surface area contributed by atoms with Crippen LogP contribution in [0.5, 0.6) is 0 Å². The second-order valence-electron chi connectivity index (χ2n) is 14.3. The topological polar surface area (TPSA) is 17.8 Å². The van der Waals surface area contributed by atoms with Crippen LogP contribution in [-0.4, -0.2) is 9.55 Å². The fourth-order valence-electron chi connectivity index (χ4n) is 8.54. The van der Waals surface area contributed by atoms with Crippen molar-refractivity contribution in [2.45, 2.75) is 0 Å². The van der Waals surface area contributed by atoms with Crippen LogP contribution in [0.25, 0.3) is 105 Å². The Morgan fingerprint density at radius 1 is 0.255 bits per heavy atom. The van der Waals surface area contributed by atoms with Crippen molar-refractivity contribution in [1.29, 1.82) is 0 Å². The zero-order chi connectivity index (χ0) is 36.3. The molecular formula is C53H34N2. The molecule has 0 bridgehead atoms. The van der Waals surface area contributed by atoms with Crippen molar-refractivity contribution >= 4 is 54.1 Å². The molecule has 2 heteroatoms. The van der Waals surface area contributed by atoms with Crippen molar-refractivity contribution in [2.75, 3.05) is 0 Å². The molecule has 2 aromatic heterocycles. The summed E-state index contributed by atoms with van der Waals surface area (Å²) in [5.74, 6) is 0. The molecule has 0 amide bonds. The second-order valence-corrected chi connectivity index (χ2v) is 14.3. The first kappa shape index (κ1) is 31.3. The predicted molar refractivity (Wildman–Crippen MR) is 233 cm³/mol. The highest BCUT2D eigenvalue weighted by molar-refractivity contribution is 6.26. The van der Waals surface area contributed by atoms with Gasteiger partial charge < -0.3 is 4.57 Å². The fourth-order valence-corrected chi connectivity index (χ4v) is 8.54. The minimum atomic E-state index is 0.961. The number of nitrogens with zero attached hydrogens (tertiary/aromatic N) is 2. The molecule has 0 aliphatic rings. The maximum Gasteiger partial charge on any atom is 0.0715 e. The van der Waals surface area contributed by atoms with Crippen LogP contribution in [-0.2, 0) is 0 Å². The fraction of sp³-hybridized carbons (Fsp3) is 0. The van der Waals surface area contributed by atoms with E-state index in [-0.39, 0.29) is 0 Å². The molecule has 11 rings (SSSR count). The van der Waals surface area contributed by atoms with Crippen LogP contribution in [0.2, 0.25) is 0 Å². The van der Waals surface area contributed by atoms with Crippen LogP contribution in [0.4, 0.5) is 0 Å². The number of hydrogen-bond acceptors (Lipinski definition) is 1. The summed E-state index contributed by atoms with van der Waals surface area (Å²) in [6, 6.07) is 74.6. The van der Waals surface area contributed by atoms with Gasteiger partial charge in [-0.2, -0.15) is 0 Å². The Morgan fingerprint density at radius 2 is 0.709 bits per heavy atom. The highest BCUT2D eigenvalue weighted by atomic mass is 15.0. The van der Waals surface area contributed by atoms with Crippen LogP contribution in [0, 0.1) is 0 Å². The maximum atomic E-state index is 5.27. The van der Waals surface area contributed by atoms with Gasteiger partial charge >= 0.3 is 0 Å². The molecule has 0 aliphatic heterocycles. The molecule has 0 aliphatic carbocycles. The van der Waals surface area contributed by atoms with Gasteiger partial charge in [0.15, 0.2) is 0 Å². The standard InChI is InChI=1S/C53H34N2/c1-4-14-35(15-5-1)40-33-50(36-16-6-2-7-17-36)54-51(34-40)39-25-28-45-47-30-37(24-27-44(47)42-20-10-11-21-43(42)48(45)32-39)38-26-29-53-49(31-38)46-22-12-13-23-52(46)55(53)41-18-8-3-9-19-41/h1-34H. The monoisotopic (exact) mass is 698 g/mol. The maximum absolute atomic E-state index is 5.27. The Balaban J connectivity index is 1.10. The zero-order valence-electron chi connectivity index (χ0n) is 30.0. The van der Waals surface area contributed by atoms with Gasteiger partial charge in [-0.05, 0) is 109 Å². The first-order valence-electron chi connectivity index (χ1n) is 18.9. The van der Waals surface area contributed by atoms with Crippen molar-refractivity contribution in [1.82, 2.24) is 9.55 Å². The van der Waals surface area contributed by atoms with E-state index < -0.39 is 0 Å². The smallest absolute Gasteiger partial charge is 0.0715 e. The first-order chi connectivity index (χ1) is 27.3. The van der Waals surface area contributed by atoms with E-state index in [4.69, 9.17) is 4.98 Å². The van der Waals surface area contributed by atoms with Crippen LogP contribution in [0.3, 0.4) is 0 Å². The molecule has 2 nitrogen and oxygen atoms in total. The van der Waals surface area contributed by atoms with Gasteiger partial charge in [-0.25, -0.2) is 4.98 Å². The largest absolute Gasteiger partial charge is 0.309 e. The van der Waals surface area contributed by atoms with Crippen molar-refractivity contribution in [3.8, 4) is 50.5 Å². The molecule has 0 saturated carbocycles. The van der Waals surface area contributed by atoms with Gasteiger partial charge in [0.25, 0.3) is 0 Å². The SMILES string of the molecule is c1ccc(-c2cc(-c3ccccc3)nc(-c3ccc4c5cc(-c6ccc7c(c6)c6ccccc6n7-c6ccccc6)ccc5c5ccccc5c4c3)c2)cc1. The molecule has 0 saturated heterocycles. The van der Waals surface area contributed by atoms with Gasteiger partial charge in [0.05, 0.1) is 22.4 Å². The Morgan fingerprint density at radius 3 is 1.42 bits per heavy atom. The summed E-state index contributed by atoms with van der Waals surface area (Å²) < 4.78 is 2.37. The lowest BCUT2D eigenvalue weighted by atomic mass is 9.90. The minimum Gasteiger partial charge on any atom is -0.309 e. The average molecular weight is 699 g/mol. The Hall–Kier alpha value is -7.29. The summed E-state index contributed by atoms with van der Waals surface area (Å²) in [7, 11) is 0. The van der Waals surface area contributed by atoms with E-state index in [1.54, 1.807) is 0 Å². The number of pyridine rings is 1. The molecule has 256 valence electrons. The molecule has 2 heterocycles. The molecule has 0 spiro atoms. The molecule has 0 fully saturated rings. The molecule has 9 aromatic carbocycles. The number of rotatable bonds is 5. The zero-order valence-corrected chi connectivity index (χ0v) is 30.0. The van der Waals surface area contributed by atoms with Crippen molar-refractivity contribution in [2.24, 2.45) is 0 Å². The molecule has 55 heavy (non-hydrogen) atoms. The predicted octanol–water partition coefficient (Wildman–Crippen LogP) is 14.3. The second kappa shape index (κ2) is 12.7. The highest BCUT2D eigenvalue weighted by Crippen LogP contribution is 2.41. The van der Waals surface area contributed by atoms with Crippen LogP contribution in [0.15, 0.2) is 206 Å². The van der Waals surface area contributed by atoms with Crippen LogP contribution < -0.4 is 0 Å². The summed E-state index contributed by atoms with van der Waals surface area (Å²) in [5, 5.41) is 10.00. The normalized spacial score (nSPS) is 11.6. The van der Waals surface area contributed by atoms with E-state index in [9.17, 15) is 0 Å². The van der Waals surface area contributed by atoms with E-state index in [2.05, 4.69) is 211 Å². The van der Waals surface area contributed by atoms with E-state index >= 15 is 0 Å². The Labute approximate surface area is 319 Å². The van der Waals surface area contributed by atoms with E-state index in [0.717, 1.165) is 28.1 Å². The van der Waals surface area contributed by atoms with Gasteiger partial charge in [-0.15, -0.1) is 0 Å². The third-order valence-corrected chi connectivity index (χ3v) is 11.2. The van der Waals surface area contributed by atoms with E-state index in [1.807, 2.05) is 0 Å². The van der Waals surface area contributed by atoms with Gasteiger partial charge in [-0.3, -0.25) is 0 Å². The van der Waals surface area contributed by atoms with Gasteiger partial charge in [0.2, 0.25) is 0 Å². The van der Waals surface area contributed by atoms with Crippen molar-refractivity contribution in [3.63, 3.8) is 0 Å². The summed E-state index contributed by atoms with van der Waals surface area (Å²) in [5.41, 5.74) is 12.5. The highest BCUT2D eigenvalue weighted by Gasteiger charge is 2.16. The van der Waals surface area contributed by atoms with Crippen LogP contribution >= 0.6 is 0 Å². The average Bonchev–Trinajstić information content (AvgIpc) is 3.60. The van der Waals surface area contributed by atoms with Gasteiger partial charge in [0, 0.05) is 27.6 Å². The molecule has 0 N–H and O–H groups in total. The first-order valence-corrected chi connectivity index (χ1v) is 18.9. The number of benzene rings is 9. The minimum absolute atomic E-state index is 0.961. The molecule has 11 aromatic rings. The summed E-state index contributed by atoms with van der Waals surface area (Å²) in [6.45, 7) is 0. The van der Waals surface area contributed by atoms with E-state index in [1.165, 1.54) is 76.5 Å². The third-order valence-electron chi connectivity index (χ3n) is 11.2. The van der Waals surface area contributed by atoms with Gasteiger partial charge in [0.1, 0.15) is 0 Å². The molecule has 0 atom stereocenters. The quantitative estimate of drug-likeness (QED) is 0.164. The summed E-state index contributed by atoms with van der Waals surface area (Å²) in [4.78, 5) is 5.27.